The van der Waals surface area contributed by atoms with Crippen molar-refractivity contribution in [2.45, 2.75) is 46.5 Å². The Morgan fingerprint density at radius 3 is 2.48 bits per heavy atom. The molecule has 0 bridgehead atoms. The quantitative estimate of drug-likeness (QED) is 0.0538. The number of nitrogens with zero attached hydrogens (tertiary/aromatic N) is 4. The molecule has 2 aromatic heterocycles. The van der Waals surface area contributed by atoms with Crippen molar-refractivity contribution in [3.05, 3.63) is 89.3 Å². The van der Waals surface area contributed by atoms with E-state index >= 15 is 0 Å². The van der Waals surface area contributed by atoms with Gasteiger partial charge in [0.2, 0.25) is 5.13 Å². The molecule has 1 aliphatic heterocycles. The van der Waals surface area contributed by atoms with E-state index in [9.17, 15) is 0 Å². The topological polar surface area (TPSA) is 98.2 Å². The highest BCUT2D eigenvalue weighted by Gasteiger charge is 2.14. The molecule has 6 rings (SSSR count). The molecule has 0 atom stereocenters. The van der Waals surface area contributed by atoms with Crippen LogP contribution in [0.2, 0.25) is 0 Å². The molecule has 46 heavy (non-hydrogen) atoms. The number of hydrazine groups is 2. The number of aryl methyl sites for hydroxylation is 2. The Morgan fingerprint density at radius 1 is 0.848 bits per heavy atom. The Labute approximate surface area is 278 Å². The first-order valence-corrected chi connectivity index (χ1v) is 17.4. The maximum Gasteiger partial charge on any atom is 0.202 e. The Morgan fingerprint density at radius 2 is 1.70 bits per heavy atom. The number of thiazole rings is 1. The lowest BCUT2D eigenvalue weighted by molar-refractivity contribution is 0.309. The fourth-order valence-electron chi connectivity index (χ4n) is 5.08. The van der Waals surface area contributed by atoms with E-state index in [-0.39, 0.29) is 0 Å². The number of rotatable bonds is 14. The molecule has 0 saturated carbocycles. The summed E-state index contributed by atoms with van der Waals surface area (Å²) in [5, 5.41) is 14.3. The largest absolute Gasteiger partial charge is 0.494 e. The third-order valence-corrected chi connectivity index (χ3v) is 9.56. The molecule has 0 amide bonds. The zero-order chi connectivity index (χ0) is 31.7. The second-order valence-electron chi connectivity index (χ2n) is 11.3. The van der Waals surface area contributed by atoms with Gasteiger partial charge in [0.1, 0.15) is 10.8 Å². The molecule has 5 aromatic rings. The van der Waals surface area contributed by atoms with Crippen LogP contribution in [0, 0.1) is 13.8 Å². The fourth-order valence-corrected chi connectivity index (χ4v) is 6.67. The van der Waals surface area contributed by atoms with Crippen LogP contribution in [0.15, 0.2) is 88.4 Å². The van der Waals surface area contributed by atoms with Crippen molar-refractivity contribution in [2.24, 2.45) is 10.2 Å². The predicted molar refractivity (Wildman–Crippen MR) is 195 cm³/mol. The molecule has 9 nitrogen and oxygen atoms in total. The van der Waals surface area contributed by atoms with Crippen LogP contribution < -0.4 is 31.3 Å². The van der Waals surface area contributed by atoms with E-state index in [1.54, 1.807) is 22.7 Å². The van der Waals surface area contributed by atoms with Crippen LogP contribution in [-0.4, -0.2) is 24.7 Å². The lowest BCUT2D eigenvalue weighted by Gasteiger charge is -2.14. The Hall–Kier alpha value is -4.61. The number of anilines is 5. The molecule has 238 valence electrons. The first-order chi connectivity index (χ1) is 22.5. The van der Waals surface area contributed by atoms with Gasteiger partial charge in [-0.25, -0.2) is 4.98 Å². The van der Waals surface area contributed by atoms with Gasteiger partial charge in [0.05, 0.1) is 40.1 Å². The van der Waals surface area contributed by atoms with Crippen LogP contribution >= 0.6 is 22.7 Å². The summed E-state index contributed by atoms with van der Waals surface area (Å²) < 4.78 is 5.77. The highest BCUT2D eigenvalue weighted by Crippen LogP contribution is 2.33. The van der Waals surface area contributed by atoms with Crippen molar-refractivity contribution >= 4 is 60.6 Å². The molecule has 3 heterocycles. The average Bonchev–Trinajstić information content (AvgIpc) is 3.86. The highest BCUT2D eigenvalue weighted by atomic mass is 32.1. The smallest absolute Gasteiger partial charge is 0.202 e. The van der Waals surface area contributed by atoms with Crippen molar-refractivity contribution in [1.82, 2.24) is 4.98 Å². The third kappa shape index (κ3) is 8.15. The molecule has 1 fully saturated rings. The van der Waals surface area contributed by atoms with Gasteiger partial charge in [0.15, 0.2) is 0 Å². The lowest BCUT2D eigenvalue weighted by Crippen LogP contribution is -2.15. The predicted octanol–water partition coefficient (Wildman–Crippen LogP) is 10.6. The number of hydrogen-bond acceptors (Lipinski definition) is 11. The number of unbranched alkanes of at least 4 members (excludes halogenated alkanes) is 1. The van der Waals surface area contributed by atoms with E-state index in [0.29, 0.717) is 0 Å². The van der Waals surface area contributed by atoms with Gasteiger partial charge in [0.25, 0.3) is 0 Å². The molecule has 0 radical (unpaired) electrons. The van der Waals surface area contributed by atoms with E-state index in [4.69, 9.17) is 9.72 Å². The second-order valence-corrected chi connectivity index (χ2v) is 13.2. The van der Waals surface area contributed by atoms with Crippen LogP contribution in [0.1, 0.15) is 43.7 Å². The van der Waals surface area contributed by atoms with Crippen molar-refractivity contribution in [2.75, 3.05) is 46.3 Å². The first kappa shape index (κ1) is 31.4. The molecule has 11 heteroatoms. The summed E-state index contributed by atoms with van der Waals surface area (Å²) in [5.74, 6) is 0.889. The van der Waals surface area contributed by atoms with Crippen LogP contribution in [0.5, 0.6) is 5.75 Å². The van der Waals surface area contributed by atoms with Gasteiger partial charge < -0.3 is 15.1 Å². The van der Waals surface area contributed by atoms with Crippen molar-refractivity contribution < 1.29 is 4.74 Å². The van der Waals surface area contributed by atoms with Gasteiger partial charge in [-0.3, -0.25) is 16.3 Å². The molecule has 4 N–H and O–H groups in total. The number of ether oxygens (including phenoxy) is 1. The molecule has 0 unspecified atom stereocenters. The minimum atomic E-state index is 0.746. The minimum absolute atomic E-state index is 0.746. The third-order valence-electron chi connectivity index (χ3n) is 7.74. The number of azo groups is 1. The van der Waals surface area contributed by atoms with Crippen LogP contribution in [-0.2, 0) is 0 Å². The normalized spacial score (nSPS) is 12.9. The van der Waals surface area contributed by atoms with E-state index in [1.807, 2.05) is 73.8 Å². The van der Waals surface area contributed by atoms with Crippen LogP contribution in [0.4, 0.5) is 37.9 Å². The number of aromatic nitrogens is 1. The van der Waals surface area contributed by atoms with Crippen LogP contribution in [0.25, 0.3) is 11.3 Å². The summed E-state index contributed by atoms with van der Waals surface area (Å²) >= 11 is 3.32. The van der Waals surface area contributed by atoms with Gasteiger partial charge in [-0.05, 0) is 117 Å². The van der Waals surface area contributed by atoms with Gasteiger partial charge in [-0.15, -0.1) is 11.3 Å². The maximum absolute atomic E-state index is 5.77. The number of thiophene rings is 1. The molecular weight excluding hydrogens is 613 g/mol. The summed E-state index contributed by atoms with van der Waals surface area (Å²) in [7, 11) is 0. The number of benzene rings is 3. The van der Waals surface area contributed by atoms with Gasteiger partial charge in [0, 0.05) is 24.0 Å². The first-order valence-electron chi connectivity index (χ1n) is 15.7. The molecule has 1 aliphatic rings. The SMILES string of the molecule is CCCCOc1ccc(-c2csc(NNc3ccc(/N=N/c4ccc(NNc5ccc(N6CCCC6)s5)cc4C)cc3C)n2)cc1. The highest BCUT2D eigenvalue weighted by molar-refractivity contribution is 7.20. The maximum atomic E-state index is 5.77. The summed E-state index contributed by atoms with van der Waals surface area (Å²) in [6, 6.07) is 24.4. The lowest BCUT2D eigenvalue weighted by atomic mass is 10.2. The second kappa shape index (κ2) is 15.1. The molecule has 1 saturated heterocycles. The Kier molecular flexibility index (Phi) is 10.3. The number of hydrogen-bond donors (Lipinski definition) is 4. The van der Waals surface area contributed by atoms with E-state index in [0.717, 1.165) is 93.6 Å². The zero-order valence-electron chi connectivity index (χ0n) is 26.5. The fraction of sp³-hybridized carbons (Fsp3) is 0.286. The van der Waals surface area contributed by atoms with E-state index in [1.165, 1.54) is 17.8 Å². The average molecular weight is 653 g/mol. The molecule has 0 spiro atoms. The van der Waals surface area contributed by atoms with Crippen LogP contribution in [0.3, 0.4) is 0 Å². The van der Waals surface area contributed by atoms with Gasteiger partial charge in [-0.2, -0.15) is 10.2 Å². The Bertz CT molecular complexity index is 1760. The number of nitrogens with one attached hydrogen (secondary N) is 4. The van der Waals surface area contributed by atoms with Crippen molar-refractivity contribution in [3.63, 3.8) is 0 Å². The van der Waals surface area contributed by atoms with Gasteiger partial charge >= 0.3 is 0 Å². The molecule has 3 aromatic carbocycles. The minimum Gasteiger partial charge on any atom is -0.494 e. The van der Waals surface area contributed by atoms with E-state index in [2.05, 4.69) is 62.0 Å². The monoisotopic (exact) mass is 652 g/mol. The summed E-state index contributed by atoms with van der Waals surface area (Å²) in [5.41, 5.74) is 20.8. The molecule has 0 aliphatic carbocycles. The van der Waals surface area contributed by atoms with Crippen molar-refractivity contribution in [3.8, 4) is 17.0 Å². The van der Waals surface area contributed by atoms with Gasteiger partial charge in [-0.1, -0.05) is 24.7 Å². The summed E-state index contributed by atoms with van der Waals surface area (Å²) in [4.78, 5) is 7.18. The Balaban J connectivity index is 0.995. The molecular formula is C35H40N8OS2. The van der Waals surface area contributed by atoms with Crippen molar-refractivity contribution in [1.29, 1.82) is 0 Å². The van der Waals surface area contributed by atoms with E-state index < -0.39 is 0 Å². The summed E-state index contributed by atoms with van der Waals surface area (Å²) in [6.07, 6.45) is 4.74. The summed E-state index contributed by atoms with van der Waals surface area (Å²) in [6.45, 7) is 9.30. The zero-order valence-corrected chi connectivity index (χ0v) is 28.1. The standard InChI is InChI=1S/C35H40N8OS2/c1-4-5-20-44-29-12-8-26(9-13-29)32-23-45-35(36-32)42-40-31-15-10-27(21-25(31)3)37-39-30-14-11-28(22-24(30)2)38-41-33-16-17-34(46-33)43-18-6-7-19-43/h8-17,21-23,38,40-41H,4-7,18-20H2,1-3H3,(H,36,42)/b39-37+.